The number of carbonyl (C=O) groups is 1. The van der Waals surface area contributed by atoms with E-state index in [1.807, 2.05) is 18.2 Å². The average molecular weight is 390 g/mol. The summed E-state index contributed by atoms with van der Waals surface area (Å²) in [5.74, 6) is -0.239. The van der Waals surface area contributed by atoms with E-state index in [4.69, 9.17) is 11.6 Å². The molecule has 1 N–H and O–H groups in total. The Morgan fingerprint density at radius 3 is 2.74 bits per heavy atom. The van der Waals surface area contributed by atoms with Crippen molar-refractivity contribution in [2.45, 2.75) is 32.5 Å². The van der Waals surface area contributed by atoms with E-state index in [9.17, 15) is 9.18 Å². The van der Waals surface area contributed by atoms with Crippen LogP contribution < -0.4 is 5.32 Å². The second-order valence-corrected chi connectivity index (χ2v) is 7.23. The molecule has 0 aliphatic carbocycles. The third-order valence-corrected chi connectivity index (χ3v) is 5.25. The van der Waals surface area contributed by atoms with E-state index < -0.39 is 0 Å². The summed E-state index contributed by atoms with van der Waals surface area (Å²) in [4.78, 5) is 16.6. The number of hydrogen-bond donors (Lipinski definition) is 1. The molecule has 0 bridgehead atoms. The van der Waals surface area contributed by atoms with E-state index in [0.29, 0.717) is 12.1 Å². The molecule has 0 radical (unpaired) electrons. The summed E-state index contributed by atoms with van der Waals surface area (Å²) in [6, 6.07) is 15.2. The fourth-order valence-corrected chi connectivity index (χ4v) is 3.77. The van der Waals surface area contributed by atoms with Gasteiger partial charge in [0, 0.05) is 32.2 Å². The zero-order valence-electron chi connectivity index (χ0n) is 15.5. The average Bonchev–Trinajstić information content (AvgIpc) is 3.12. The van der Waals surface area contributed by atoms with E-state index in [0.717, 1.165) is 31.6 Å². The SMILES string of the molecule is Cc1cc(CNC(=O)N(CCl)C2CCN(Cc3ccccc3)C2)ccc1F. The molecule has 2 amide bonds. The fourth-order valence-electron chi connectivity index (χ4n) is 3.47. The number of aryl methyl sites for hydroxylation is 1. The molecular formula is C21H25ClFN3O. The largest absolute Gasteiger partial charge is 0.334 e. The quantitative estimate of drug-likeness (QED) is 0.596. The highest BCUT2D eigenvalue weighted by Gasteiger charge is 2.30. The Labute approximate surface area is 164 Å². The minimum Gasteiger partial charge on any atom is -0.334 e. The van der Waals surface area contributed by atoms with E-state index in [-0.39, 0.29) is 23.9 Å². The van der Waals surface area contributed by atoms with Gasteiger partial charge in [-0.3, -0.25) is 4.90 Å². The zero-order chi connectivity index (χ0) is 19.2. The number of likely N-dealkylation sites (tertiary alicyclic amines) is 1. The molecule has 6 heteroatoms. The molecule has 1 fully saturated rings. The first-order valence-corrected chi connectivity index (χ1v) is 9.72. The van der Waals surface area contributed by atoms with Gasteiger partial charge in [-0.05, 0) is 36.1 Å². The van der Waals surface area contributed by atoms with Gasteiger partial charge in [0.25, 0.3) is 0 Å². The van der Waals surface area contributed by atoms with Crippen molar-refractivity contribution in [1.29, 1.82) is 0 Å². The molecular weight excluding hydrogens is 365 g/mol. The van der Waals surface area contributed by atoms with Crippen LogP contribution in [-0.2, 0) is 13.1 Å². The smallest absolute Gasteiger partial charge is 0.318 e. The number of carbonyl (C=O) groups excluding carboxylic acids is 1. The number of amides is 2. The predicted molar refractivity (Wildman–Crippen MR) is 106 cm³/mol. The van der Waals surface area contributed by atoms with Crippen molar-refractivity contribution < 1.29 is 9.18 Å². The zero-order valence-corrected chi connectivity index (χ0v) is 16.3. The van der Waals surface area contributed by atoms with Gasteiger partial charge in [0.15, 0.2) is 0 Å². The van der Waals surface area contributed by atoms with Crippen LogP contribution in [0.2, 0.25) is 0 Å². The van der Waals surface area contributed by atoms with Crippen LogP contribution in [0.3, 0.4) is 0 Å². The van der Waals surface area contributed by atoms with Crippen LogP contribution >= 0.6 is 11.6 Å². The van der Waals surface area contributed by atoms with Crippen LogP contribution in [-0.4, -0.2) is 41.0 Å². The minimum atomic E-state index is -0.239. The lowest BCUT2D eigenvalue weighted by Crippen LogP contribution is -2.46. The van der Waals surface area contributed by atoms with E-state index in [1.165, 1.54) is 11.6 Å². The van der Waals surface area contributed by atoms with Gasteiger partial charge >= 0.3 is 6.03 Å². The maximum Gasteiger partial charge on any atom is 0.318 e. The molecule has 1 unspecified atom stereocenters. The lowest BCUT2D eigenvalue weighted by atomic mass is 10.1. The molecule has 1 aliphatic rings. The van der Waals surface area contributed by atoms with Gasteiger partial charge in [0.1, 0.15) is 5.82 Å². The number of nitrogens with one attached hydrogen (secondary N) is 1. The van der Waals surface area contributed by atoms with Crippen molar-refractivity contribution in [3.8, 4) is 0 Å². The summed E-state index contributed by atoms with van der Waals surface area (Å²) in [7, 11) is 0. The number of benzene rings is 2. The first-order valence-electron chi connectivity index (χ1n) is 9.18. The van der Waals surface area contributed by atoms with Gasteiger partial charge < -0.3 is 10.2 Å². The van der Waals surface area contributed by atoms with Crippen molar-refractivity contribution >= 4 is 17.6 Å². The molecule has 144 valence electrons. The number of halogens is 2. The summed E-state index contributed by atoms with van der Waals surface area (Å²) in [6.07, 6.45) is 0.905. The van der Waals surface area contributed by atoms with E-state index >= 15 is 0 Å². The van der Waals surface area contributed by atoms with Gasteiger partial charge in [0.05, 0.1) is 6.00 Å². The van der Waals surface area contributed by atoms with Crippen LogP contribution in [0.4, 0.5) is 9.18 Å². The highest BCUT2D eigenvalue weighted by Crippen LogP contribution is 2.19. The van der Waals surface area contributed by atoms with Crippen molar-refractivity contribution in [2.75, 3.05) is 19.1 Å². The topological polar surface area (TPSA) is 35.6 Å². The predicted octanol–water partition coefficient (Wildman–Crippen LogP) is 4.12. The second-order valence-electron chi connectivity index (χ2n) is 6.99. The molecule has 1 heterocycles. The minimum absolute atomic E-state index is 0.0983. The monoisotopic (exact) mass is 389 g/mol. The molecule has 2 aromatic carbocycles. The highest BCUT2D eigenvalue weighted by molar-refractivity contribution is 6.18. The Hall–Kier alpha value is -2.11. The molecule has 1 aliphatic heterocycles. The Morgan fingerprint density at radius 2 is 2.04 bits per heavy atom. The molecule has 4 nitrogen and oxygen atoms in total. The molecule has 3 rings (SSSR count). The molecule has 0 aromatic heterocycles. The highest BCUT2D eigenvalue weighted by atomic mass is 35.5. The molecule has 1 saturated heterocycles. The normalized spacial score (nSPS) is 17.1. The van der Waals surface area contributed by atoms with Crippen molar-refractivity contribution in [3.63, 3.8) is 0 Å². The van der Waals surface area contributed by atoms with Gasteiger partial charge in [0.2, 0.25) is 0 Å². The Morgan fingerprint density at radius 1 is 1.26 bits per heavy atom. The van der Waals surface area contributed by atoms with Crippen LogP contribution in [0, 0.1) is 12.7 Å². The lowest BCUT2D eigenvalue weighted by Gasteiger charge is -2.27. The Balaban J connectivity index is 1.53. The van der Waals surface area contributed by atoms with Gasteiger partial charge in [-0.25, -0.2) is 9.18 Å². The maximum atomic E-state index is 13.4. The number of nitrogens with zero attached hydrogens (tertiary/aromatic N) is 2. The number of hydrogen-bond acceptors (Lipinski definition) is 2. The number of alkyl halides is 1. The summed E-state index contributed by atoms with van der Waals surface area (Å²) in [5.41, 5.74) is 2.71. The molecule has 2 aromatic rings. The Kier molecular flexibility index (Phi) is 6.69. The van der Waals surface area contributed by atoms with Gasteiger partial charge in [-0.15, -0.1) is 11.6 Å². The lowest BCUT2D eigenvalue weighted by molar-refractivity contribution is 0.184. The van der Waals surface area contributed by atoms with Crippen molar-refractivity contribution in [2.24, 2.45) is 0 Å². The summed E-state index contributed by atoms with van der Waals surface area (Å²) in [6.45, 7) is 4.70. The summed E-state index contributed by atoms with van der Waals surface area (Å²) < 4.78 is 13.4. The van der Waals surface area contributed by atoms with Gasteiger partial charge in [-0.2, -0.15) is 0 Å². The van der Waals surface area contributed by atoms with Gasteiger partial charge in [-0.1, -0.05) is 42.5 Å². The van der Waals surface area contributed by atoms with Crippen LogP contribution in [0.25, 0.3) is 0 Å². The van der Waals surface area contributed by atoms with E-state index in [1.54, 1.807) is 24.0 Å². The second kappa shape index (κ2) is 9.20. The van der Waals surface area contributed by atoms with Crippen LogP contribution in [0.5, 0.6) is 0 Å². The van der Waals surface area contributed by atoms with Crippen LogP contribution in [0.1, 0.15) is 23.1 Å². The maximum absolute atomic E-state index is 13.4. The van der Waals surface area contributed by atoms with Crippen molar-refractivity contribution in [1.82, 2.24) is 15.1 Å². The first kappa shape index (κ1) is 19.6. The summed E-state index contributed by atoms with van der Waals surface area (Å²) >= 11 is 6.08. The molecule has 1 atom stereocenters. The first-order chi connectivity index (χ1) is 13.1. The Bertz CT molecular complexity index is 771. The van der Waals surface area contributed by atoms with E-state index in [2.05, 4.69) is 22.3 Å². The van der Waals surface area contributed by atoms with Crippen LogP contribution in [0.15, 0.2) is 48.5 Å². The number of rotatable bonds is 6. The molecule has 27 heavy (non-hydrogen) atoms. The third kappa shape index (κ3) is 5.21. The third-order valence-electron chi connectivity index (χ3n) is 4.99. The summed E-state index contributed by atoms with van der Waals surface area (Å²) in [5, 5.41) is 2.90. The molecule has 0 spiro atoms. The standard InChI is InChI=1S/C21H25ClFN3O/c1-16-11-18(7-8-20(16)23)12-24-21(27)26(15-22)19-9-10-25(14-19)13-17-5-3-2-4-6-17/h2-8,11,19H,9-10,12-15H2,1H3,(H,24,27). The van der Waals surface area contributed by atoms with Crippen molar-refractivity contribution in [3.05, 3.63) is 71.0 Å². The fraction of sp³-hybridized carbons (Fsp3) is 0.381. The number of urea groups is 1. The molecule has 0 saturated carbocycles.